The van der Waals surface area contributed by atoms with Crippen molar-refractivity contribution in [2.75, 3.05) is 12.3 Å². The maximum absolute atomic E-state index is 14.1. The fraction of sp³-hybridized carbons (Fsp3) is 0.500. The highest BCUT2D eigenvalue weighted by molar-refractivity contribution is 7.99. The number of thioether (sulfide) groups is 1. The molecule has 1 amide bonds. The number of halogens is 2. The van der Waals surface area contributed by atoms with Crippen LogP contribution >= 0.6 is 11.8 Å². The Morgan fingerprint density at radius 2 is 2.04 bits per heavy atom. The van der Waals surface area contributed by atoms with Crippen molar-refractivity contribution in [1.29, 1.82) is 0 Å². The van der Waals surface area contributed by atoms with Gasteiger partial charge in [-0.1, -0.05) is 12.1 Å². The highest BCUT2D eigenvalue weighted by Gasteiger charge is 2.44. The summed E-state index contributed by atoms with van der Waals surface area (Å²) in [4.78, 5) is 25.8. The number of carbonyl (C=O) groups excluding carboxylic acids is 2. The lowest BCUT2D eigenvalue weighted by Gasteiger charge is -2.30. The van der Waals surface area contributed by atoms with E-state index in [0.717, 1.165) is 6.07 Å². The molecule has 2 N–H and O–H groups in total. The zero-order valence-electron chi connectivity index (χ0n) is 13.7. The van der Waals surface area contributed by atoms with Gasteiger partial charge in [0.1, 0.15) is 17.0 Å². The predicted octanol–water partition coefficient (Wildman–Crippen LogP) is 2.21. The summed E-state index contributed by atoms with van der Waals surface area (Å²) in [5.41, 5.74) is 4.72. The Kier molecular flexibility index (Phi) is 5.49. The third-order valence-electron chi connectivity index (χ3n) is 3.39. The molecule has 24 heavy (non-hydrogen) atoms. The summed E-state index contributed by atoms with van der Waals surface area (Å²) in [7, 11) is 0. The highest BCUT2D eigenvalue weighted by atomic mass is 32.2. The van der Waals surface area contributed by atoms with Gasteiger partial charge < -0.3 is 15.4 Å². The van der Waals surface area contributed by atoms with Crippen LogP contribution in [0, 0.1) is 11.6 Å². The molecule has 5 nitrogen and oxygen atoms in total. The van der Waals surface area contributed by atoms with E-state index in [2.05, 4.69) is 0 Å². The van der Waals surface area contributed by atoms with E-state index in [4.69, 9.17) is 10.5 Å². The Balaban J connectivity index is 2.35. The van der Waals surface area contributed by atoms with Crippen LogP contribution in [0.2, 0.25) is 0 Å². The van der Waals surface area contributed by atoms with E-state index in [1.807, 2.05) is 0 Å². The normalized spacial score (nSPS) is 21.0. The molecule has 8 heteroatoms. The smallest absolute Gasteiger partial charge is 0.330 e. The minimum absolute atomic E-state index is 0.00728. The molecule has 1 heterocycles. The largest absolute Gasteiger partial charge is 0.458 e. The second-order valence-electron chi connectivity index (χ2n) is 6.38. The number of nitrogens with two attached hydrogens (primary N) is 1. The molecule has 0 aromatic heterocycles. The minimum atomic E-state index is -1.03. The number of benzene rings is 1. The van der Waals surface area contributed by atoms with Crippen LogP contribution in [0.1, 0.15) is 31.7 Å². The highest BCUT2D eigenvalue weighted by Crippen LogP contribution is 2.43. The van der Waals surface area contributed by atoms with Gasteiger partial charge in [-0.25, -0.2) is 13.6 Å². The van der Waals surface area contributed by atoms with Crippen LogP contribution in [-0.2, 0) is 14.3 Å². The molecule has 0 aliphatic carbocycles. The Morgan fingerprint density at radius 3 is 2.62 bits per heavy atom. The van der Waals surface area contributed by atoms with Crippen LogP contribution in [0.4, 0.5) is 8.78 Å². The molecule has 2 atom stereocenters. The molecule has 1 aliphatic rings. The monoisotopic (exact) mass is 358 g/mol. The topological polar surface area (TPSA) is 72.6 Å². The van der Waals surface area contributed by atoms with Gasteiger partial charge in [0.2, 0.25) is 5.91 Å². The quantitative estimate of drug-likeness (QED) is 0.839. The molecule has 1 aromatic rings. The zero-order chi connectivity index (χ0) is 18.1. The first-order valence-corrected chi connectivity index (χ1v) is 8.50. The van der Waals surface area contributed by atoms with Crippen molar-refractivity contribution in [2.24, 2.45) is 5.73 Å². The SMILES string of the molecule is CC(C)(C)OC(=O)[C@@H]1CS[C@H](c2cccc(F)c2F)N1C(=O)CN. The molecule has 0 unspecified atom stereocenters. The van der Waals surface area contributed by atoms with E-state index >= 15 is 0 Å². The summed E-state index contributed by atoms with van der Waals surface area (Å²) in [6, 6.07) is 2.86. The van der Waals surface area contributed by atoms with E-state index in [0.29, 0.717) is 0 Å². The number of rotatable bonds is 3. The molecule has 1 aromatic carbocycles. The van der Waals surface area contributed by atoms with Crippen LogP contribution in [0.3, 0.4) is 0 Å². The van der Waals surface area contributed by atoms with Crippen LogP contribution in [0.25, 0.3) is 0 Å². The molecule has 0 spiro atoms. The summed E-state index contributed by atoms with van der Waals surface area (Å²) in [6.45, 7) is 4.80. The molecule has 0 bridgehead atoms. The third-order valence-corrected chi connectivity index (χ3v) is 4.69. The van der Waals surface area contributed by atoms with Crippen molar-refractivity contribution in [1.82, 2.24) is 4.90 Å². The van der Waals surface area contributed by atoms with Crippen molar-refractivity contribution >= 4 is 23.6 Å². The van der Waals surface area contributed by atoms with Crippen LogP contribution in [0.5, 0.6) is 0 Å². The van der Waals surface area contributed by atoms with Crippen LogP contribution in [0.15, 0.2) is 18.2 Å². The van der Waals surface area contributed by atoms with Crippen molar-refractivity contribution in [3.05, 3.63) is 35.4 Å². The Hall–Kier alpha value is -1.67. The molecule has 1 aliphatic heterocycles. The summed E-state index contributed by atoms with van der Waals surface area (Å²) in [5, 5.41) is -0.825. The minimum Gasteiger partial charge on any atom is -0.458 e. The fourth-order valence-electron chi connectivity index (χ4n) is 2.42. The van der Waals surface area contributed by atoms with E-state index < -0.39 is 40.5 Å². The molecular weight excluding hydrogens is 338 g/mol. The average molecular weight is 358 g/mol. The summed E-state index contributed by atoms with van der Waals surface area (Å²) in [6.07, 6.45) is 0. The first kappa shape index (κ1) is 18.7. The summed E-state index contributed by atoms with van der Waals surface area (Å²) >= 11 is 1.17. The lowest BCUT2D eigenvalue weighted by Crippen LogP contribution is -2.47. The van der Waals surface area contributed by atoms with Gasteiger partial charge in [0.15, 0.2) is 11.6 Å². The lowest BCUT2D eigenvalue weighted by molar-refractivity contribution is -0.163. The van der Waals surface area contributed by atoms with Gasteiger partial charge >= 0.3 is 5.97 Å². The molecule has 0 radical (unpaired) electrons. The maximum Gasteiger partial charge on any atom is 0.330 e. The summed E-state index contributed by atoms with van der Waals surface area (Å²) in [5.74, 6) is -2.93. The second-order valence-corrected chi connectivity index (χ2v) is 7.50. The van der Waals surface area contributed by atoms with Crippen molar-refractivity contribution in [3.63, 3.8) is 0 Å². The number of carbonyl (C=O) groups is 2. The lowest BCUT2D eigenvalue weighted by atomic mass is 10.1. The van der Waals surface area contributed by atoms with E-state index in [1.165, 1.54) is 28.8 Å². The molecule has 1 fully saturated rings. The second kappa shape index (κ2) is 7.06. The number of nitrogens with zero attached hydrogens (tertiary/aromatic N) is 1. The number of hydrogen-bond acceptors (Lipinski definition) is 5. The first-order chi connectivity index (χ1) is 11.2. The molecule has 132 valence electrons. The number of esters is 1. The van der Waals surface area contributed by atoms with E-state index in [-0.39, 0.29) is 17.9 Å². The number of amides is 1. The van der Waals surface area contributed by atoms with Gasteiger partial charge in [0, 0.05) is 11.3 Å². The Morgan fingerprint density at radius 1 is 1.38 bits per heavy atom. The molecule has 0 saturated carbocycles. The Labute approximate surface area is 143 Å². The molecular formula is C16H20F2N2O3S. The standard InChI is InChI=1S/C16H20F2N2O3S/c1-16(2,3)23-15(22)11-8-24-14(20(11)12(21)7-19)9-5-4-6-10(17)13(9)18/h4-6,11,14H,7-8,19H2,1-3H3/t11-,14+/m0/s1. The number of hydrogen-bond donors (Lipinski definition) is 1. The van der Waals surface area contributed by atoms with Crippen LogP contribution in [-0.4, -0.2) is 40.7 Å². The van der Waals surface area contributed by atoms with Crippen LogP contribution < -0.4 is 5.73 Å². The van der Waals surface area contributed by atoms with Gasteiger partial charge in [0.05, 0.1) is 6.54 Å². The van der Waals surface area contributed by atoms with Crippen molar-refractivity contribution in [3.8, 4) is 0 Å². The van der Waals surface area contributed by atoms with E-state index in [1.54, 1.807) is 20.8 Å². The average Bonchev–Trinajstić information content (AvgIpc) is 2.92. The predicted molar refractivity (Wildman–Crippen MR) is 87.1 cm³/mol. The zero-order valence-corrected chi connectivity index (χ0v) is 14.5. The van der Waals surface area contributed by atoms with Gasteiger partial charge in [-0.05, 0) is 26.8 Å². The summed E-state index contributed by atoms with van der Waals surface area (Å²) < 4.78 is 33.0. The van der Waals surface area contributed by atoms with E-state index in [9.17, 15) is 18.4 Å². The fourth-order valence-corrected chi connectivity index (χ4v) is 3.87. The first-order valence-electron chi connectivity index (χ1n) is 7.45. The van der Waals surface area contributed by atoms with Crippen molar-refractivity contribution < 1.29 is 23.1 Å². The maximum atomic E-state index is 14.1. The molecule has 1 saturated heterocycles. The van der Waals surface area contributed by atoms with Gasteiger partial charge in [-0.3, -0.25) is 4.79 Å². The molecule has 2 rings (SSSR count). The van der Waals surface area contributed by atoms with Gasteiger partial charge in [-0.2, -0.15) is 0 Å². The Bertz CT molecular complexity index is 649. The number of ether oxygens (including phenoxy) is 1. The third kappa shape index (κ3) is 3.87. The van der Waals surface area contributed by atoms with Gasteiger partial charge in [0.25, 0.3) is 0 Å². The van der Waals surface area contributed by atoms with Crippen molar-refractivity contribution in [2.45, 2.75) is 37.8 Å². The van der Waals surface area contributed by atoms with Gasteiger partial charge in [-0.15, -0.1) is 11.8 Å².